The number of nitrogens with zero attached hydrogens (tertiary/aromatic N) is 1. The SMILES string of the molecule is CNC1=C(OCc2c(Cl)cccc2Cl)c2ccccc2NC1(C)C(=O)CNC(=O)Nc1cccc(C(=O)N(C)C)c1.Cl. The second kappa shape index (κ2) is 13.8. The quantitative estimate of drug-likeness (QED) is 0.237. The van der Waals surface area contributed by atoms with E-state index in [9.17, 15) is 14.4 Å². The van der Waals surface area contributed by atoms with Gasteiger partial charge in [-0.3, -0.25) is 9.59 Å². The van der Waals surface area contributed by atoms with Gasteiger partial charge < -0.3 is 30.9 Å². The zero-order valence-electron chi connectivity index (χ0n) is 23.5. The molecule has 12 heteroatoms. The van der Waals surface area contributed by atoms with Crippen molar-refractivity contribution in [1.29, 1.82) is 0 Å². The highest BCUT2D eigenvalue weighted by molar-refractivity contribution is 6.36. The van der Waals surface area contributed by atoms with Gasteiger partial charge in [0.1, 0.15) is 12.1 Å². The molecule has 1 aliphatic rings. The number of nitrogens with one attached hydrogen (secondary N) is 4. The van der Waals surface area contributed by atoms with Gasteiger partial charge in [-0.25, -0.2) is 4.79 Å². The van der Waals surface area contributed by atoms with Gasteiger partial charge in [-0.05, 0) is 49.4 Å². The van der Waals surface area contributed by atoms with Crippen LogP contribution in [0.25, 0.3) is 5.76 Å². The van der Waals surface area contributed by atoms with Crippen molar-refractivity contribution < 1.29 is 19.1 Å². The summed E-state index contributed by atoms with van der Waals surface area (Å²) in [6.07, 6.45) is 0. The summed E-state index contributed by atoms with van der Waals surface area (Å²) in [5.74, 6) is -0.0533. The van der Waals surface area contributed by atoms with Crippen molar-refractivity contribution in [3.63, 3.8) is 0 Å². The van der Waals surface area contributed by atoms with Crippen LogP contribution in [-0.2, 0) is 16.1 Å². The van der Waals surface area contributed by atoms with Crippen LogP contribution in [-0.4, -0.2) is 55.8 Å². The number of carbonyl (C=O) groups excluding carboxylic acids is 3. The number of carbonyl (C=O) groups is 3. The van der Waals surface area contributed by atoms with Crippen LogP contribution in [0.3, 0.4) is 0 Å². The molecule has 0 bridgehead atoms. The predicted molar refractivity (Wildman–Crippen MR) is 169 cm³/mol. The summed E-state index contributed by atoms with van der Waals surface area (Å²) in [5.41, 5.74) is 2.13. The standard InChI is InChI=1S/C30H31Cl2N5O4.ClH/c1-30(25(38)16-34-29(40)35-19-10-7-9-18(15-19)28(39)37(3)4)27(33-2)26(20-11-5-6-14-24(20)36-30)41-17-21-22(31)12-8-13-23(21)32;/h5-15,33,36H,16-17H2,1-4H3,(H2,34,35,40);1H. The molecule has 0 aliphatic carbocycles. The van der Waals surface area contributed by atoms with Gasteiger partial charge >= 0.3 is 6.03 Å². The van der Waals surface area contributed by atoms with Crippen LogP contribution < -0.4 is 21.3 Å². The Kier molecular flexibility index (Phi) is 10.7. The number of hydrogen-bond donors (Lipinski definition) is 4. The molecule has 0 spiro atoms. The summed E-state index contributed by atoms with van der Waals surface area (Å²) in [5, 5.41) is 12.7. The van der Waals surface area contributed by atoms with Crippen molar-refractivity contribution >= 4 is 70.5 Å². The minimum atomic E-state index is -1.27. The second-order valence-electron chi connectivity index (χ2n) is 9.75. The van der Waals surface area contributed by atoms with E-state index in [-0.39, 0.29) is 37.2 Å². The largest absolute Gasteiger partial charge is 0.486 e. The van der Waals surface area contributed by atoms with E-state index in [2.05, 4.69) is 21.3 Å². The average molecular weight is 633 g/mol. The molecule has 4 rings (SSSR count). The Morgan fingerprint density at radius 2 is 1.64 bits per heavy atom. The van der Waals surface area contributed by atoms with Gasteiger partial charge in [0.15, 0.2) is 11.5 Å². The normalized spacial score (nSPS) is 15.4. The van der Waals surface area contributed by atoms with Gasteiger partial charge in [-0.1, -0.05) is 47.5 Å². The molecule has 4 N–H and O–H groups in total. The minimum absolute atomic E-state index is 0. The molecule has 0 fully saturated rings. The number of likely N-dealkylation sites (N-methyl/N-ethyl adjacent to an activating group) is 1. The van der Waals surface area contributed by atoms with E-state index in [1.807, 2.05) is 24.3 Å². The third-order valence-corrected chi connectivity index (χ3v) is 7.40. The van der Waals surface area contributed by atoms with E-state index in [1.165, 1.54) is 4.90 Å². The molecule has 1 unspecified atom stereocenters. The van der Waals surface area contributed by atoms with E-state index >= 15 is 0 Å². The highest BCUT2D eigenvalue weighted by atomic mass is 35.5. The fourth-order valence-corrected chi connectivity index (χ4v) is 5.03. The van der Waals surface area contributed by atoms with E-state index in [0.717, 1.165) is 5.56 Å². The molecule has 3 aromatic carbocycles. The molecule has 3 aromatic rings. The molecular formula is C30H32Cl3N5O4. The Balaban J connectivity index is 0.00000484. The van der Waals surface area contributed by atoms with Crippen LogP contribution in [0.1, 0.15) is 28.4 Å². The molecule has 0 radical (unpaired) electrons. The van der Waals surface area contributed by atoms with Crippen LogP contribution in [0.15, 0.2) is 72.4 Å². The smallest absolute Gasteiger partial charge is 0.319 e. The topological polar surface area (TPSA) is 112 Å². The number of fused-ring (bicyclic) bond motifs is 1. The average Bonchev–Trinajstić information content (AvgIpc) is 2.95. The van der Waals surface area contributed by atoms with Crippen LogP contribution in [0.5, 0.6) is 0 Å². The lowest BCUT2D eigenvalue weighted by Gasteiger charge is -2.39. The predicted octanol–water partition coefficient (Wildman–Crippen LogP) is 5.80. The second-order valence-corrected chi connectivity index (χ2v) is 10.6. The fraction of sp³-hybridized carbons (Fsp3) is 0.233. The number of hydrogen-bond acceptors (Lipinski definition) is 6. The molecule has 1 heterocycles. The zero-order chi connectivity index (χ0) is 29.7. The Bertz CT molecular complexity index is 1510. The maximum absolute atomic E-state index is 13.7. The van der Waals surface area contributed by atoms with Gasteiger partial charge in [0.2, 0.25) is 0 Å². The zero-order valence-corrected chi connectivity index (χ0v) is 25.8. The number of ketones is 1. The molecular weight excluding hydrogens is 601 g/mol. The number of para-hydroxylation sites is 1. The lowest BCUT2D eigenvalue weighted by molar-refractivity contribution is -0.121. The number of halogens is 3. The van der Waals surface area contributed by atoms with Crippen LogP contribution in [0, 0.1) is 0 Å². The Morgan fingerprint density at radius 3 is 2.31 bits per heavy atom. The maximum Gasteiger partial charge on any atom is 0.319 e. The Hall–Kier alpha value is -3.92. The number of anilines is 2. The first-order valence-corrected chi connectivity index (χ1v) is 13.6. The molecule has 0 saturated heterocycles. The molecule has 0 saturated carbocycles. The van der Waals surface area contributed by atoms with Gasteiger partial charge in [0, 0.05) is 59.3 Å². The molecule has 0 aromatic heterocycles. The number of Topliss-reactive ketones (excluding diaryl/α,β-unsaturated/α-hetero) is 1. The number of ether oxygens (including phenoxy) is 1. The Labute approximate surface area is 261 Å². The number of urea groups is 1. The number of benzene rings is 3. The van der Waals surface area contributed by atoms with Gasteiger partial charge in [-0.2, -0.15) is 0 Å². The molecule has 42 heavy (non-hydrogen) atoms. The van der Waals surface area contributed by atoms with Gasteiger partial charge in [0.05, 0.1) is 12.2 Å². The molecule has 1 aliphatic heterocycles. The first-order valence-electron chi connectivity index (χ1n) is 12.8. The number of amides is 3. The van der Waals surface area contributed by atoms with Crippen LogP contribution >= 0.6 is 35.6 Å². The van der Waals surface area contributed by atoms with Crippen molar-refractivity contribution in [3.8, 4) is 0 Å². The van der Waals surface area contributed by atoms with Crippen molar-refractivity contribution in [2.45, 2.75) is 19.1 Å². The van der Waals surface area contributed by atoms with Gasteiger partial charge in [-0.15, -0.1) is 12.4 Å². The van der Waals surface area contributed by atoms with Crippen molar-refractivity contribution in [1.82, 2.24) is 15.5 Å². The van der Waals surface area contributed by atoms with Crippen LogP contribution in [0.2, 0.25) is 10.0 Å². The lowest BCUT2D eigenvalue weighted by atomic mass is 9.85. The minimum Gasteiger partial charge on any atom is -0.486 e. The number of rotatable bonds is 9. The molecule has 9 nitrogen and oxygen atoms in total. The van der Waals surface area contributed by atoms with E-state index < -0.39 is 11.6 Å². The highest BCUT2D eigenvalue weighted by Gasteiger charge is 2.43. The summed E-state index contributed by atoms with van der Waals surface area (Å²) in [6.45, 7) is 1.51. The monoisotopic (exact) mass is 631 g/mol. The summed E-state index contributed by atoms with van der Waals surface area (Å²) in [4.78, 5) is 40.1. The third kappa shape index (κ3) is 6.92. The van der Waals surface area contributed by atoms with Crippen molar-refractivity contribution in [2.24, 2.45) is 0 Å². The Morgan fingerprint density at radius 1 is 0.976 bits per heavy atom. The van der Waals surface area contributed by atoms with E-state index in [0.29, 0.717) is 44.0 Å². The van der Waals surface area contributed by atoms with E-state index in [4.69, 9.17) is 27.9 Å². The van der Waals surface area contributed by atoms with Crippen molar-refractivity contribution in [2.75, 3.05) is 38.3 Å². The van der Waals surface area contributed by atoms with E-state index in [1.54, 1.807) is 70.5 Å². The van der Waals surface area contributed by atoms with Gasteiger partial charge in [0.25, 0.3) is 5.91 Å². The highest BCUT2D eigenvalue weighted by Crippen LogP contribution is 2.40. The summed E-state index contributed by atoms with van der Waals surface area (Å²) < 4.78 is 6.28. The molecule has 3 amide bonds. The van der Waals surface area contributed by atoms with Crippen LogP contribution in [0.4, 0.5) is 16.2 Å². The summed E-state index contributed by atoms with van der Waals surface area (Å²) in [6, 6.07) is 18.6. The first kappa shape index (κ1) is 32.6. The molecule has 1 atom stereocenters. The first-order chi connectivity index (χ1) is 19.5. The fourth-order valence-electron chi connectivity index (χ4n) is 4.52. The lowest BCUT2D eigenvalue weighted by Crippen LogP contribution is -2.54. The maximum atomic E-state index is 13.7. The van der Waals surface area contributed by atoms with Crippen molar-refractivity contribution in [3.05, 3.63) is 99.2 Å². The summed E-state index contributed by atoms with van der Waals surface area (Å²) in [7, 11) is 5.00. The summed E-state index contributed by atoms with van der Waals surface area (Å²) >= 11 is 12.7. The third-order valence-electron chi connectivity index (χ3n) is 6.70. The molecule has 222 valence electrons.